The fourth-order valence-electron chi connectivity index (χ4n) is 3.86. The maximum absolute atomic E-state index is 13.1. The van der Waals surface area contributed by atoms with Crippen LogP contribution < -0.4 is 10.3 Å². The van der Waals surface area contributed by atoms with Crippen LogP contribution in [0, 0.1) is 0 Å². The minimum absolute atomic E-state index is 0.0604. The van der Waals surface area contributed by atoms with Crippen LogP contribution >= 0.6 is 0 Å². The molecule has 0 spiro atoms. The Morgan fingerprint density at radius 1 is 1.20 bits per heavy atom. The molecule has 5 heteroatoms. The van der Waals surface area contributed by atoms with Gasteiger partial charge < -0.3 is 14.6 Å². The number of carbonyl (C=O) groups is 1. The number of ether oxygens (including phenoxy) is 1. The Morgan fingerprint density at radius 3 is 2.84 bits per heavy atom. The smallest absolute Gasteiger partial charge is 0.254 e. The van der Waals surface area contributed by atoms with Crippen LogP contribution in [-0.2, 0) is 13.0 Å². The number of H-pyrrole nitrogens is 1. The highest BCUT2D eigenvalue weighted by Crippen LogP contribution is 2.29. The second kappa shape index (κ2) is 6.75. The van der Waals surface area contributed by atoms with E-state index in [1.165, 1.54) is 17.8 Å². The van der Waals surface area contributed by atoms with Gasteiger partial charge in [-0.25, -0.2) is 0 Å². The molecule has 1 amide bonds. The summed E-state index contributed by atoms with van der Waals surface area (Å²) in [5.41, 5.74) is 2.55. The van der Waals surface area contributed by atoms with E-state index in [4.69, 9.17) is 4.74 Å². The number of aromatic nitrogens is 1. The standard InChI is InChI=1S/C20H22N2O3/c23-19-12-16(7-9-21-19)20(24)22(17-3-1-2-4-17)13-14-5-6-18-15(11-14)8-10-25-18/h5-7,9,11-12,17H,1-4,8,10,13H2,(H,21,23). The number of amides is 1. The first kappa shape index (κ1) is 15.9. The fourth-order valence-corrected chi connectivity index (χ4v) is 3.86. The Balaban J connectivity index is 1.62. The zero-order chi connectivity index (χ0) is 17.2. The van der Waals surface area contributed by atoms with Crippen molar-refractivity contribution in [1.29, 1.82) is 0 Å². The Labute approximate surface area is 146 Å². The highest BCUT2D eigenvalue weighted by Gasteiger charge is 2.28. The van der Waals surface area contributed by atoms with E-state index in [0.717, 1.165) is 50.0 Å². The summed E-state index contributed by atoms with van der Waals surface area (Å²) in [5.74, 6) is 0.895. The van der Waals surface area contributed by atoms with Crippen LogP contribution in [0.1, 0.15) is 47.2 Å². The summed E-state index contributed by atoms with van der Waals surface area (Å²) in [4.78, 5) is 29.2. The normalized spacial score (nSPS) is 16.5. The van der Waals surface area contributed by atoms with Crippen molar-refractivity contribution >= 4 is 5.91 Å². The first-order valence-electron chi connectivity index (χ1n) is 8.95. The van der Waals surface area contributed by atoms with Crippen molar-refractivity contribution in [2.45, 2.75) is 44.7 Å². The Hall–Kier alpha value is -2.56. The van der Waals surface area contributed by atoms with E-state index in [0.29, 0.717) is 12.1 Å². The van der Waals surface area contributed by atoms with Crippen LogP contribution in [0.25, 0.3) is 0 Å². The maximum atomic E-state index is 13.1. The van der Waals surface area contributed by atoms with Crippen molar-refractivity contribution in [2.75, 3.05) is 6.61 Å². The van der Waals surface area contributed by atoms with Crippen LogP contribution in [0.3, 0.4) is 0 Å². The van der Waals surface area contributed by atoms with E-state index in [9.17, 15) is 9.59 Å². The maximum Gasteiger partial charge on any atom is 0.254 e. The molecule has 1 fully saturated rings. The van der Waals surface area contributed by atoms with Crippen molar-refractivity contribution in [3.63, 3.8) is 0 Å². The minimum Gasteiger partial charge on any atom is -0.493 e. The third kappa shape index (κ3) is 3.31. The molecule has 0 unspecified atom stereocenters. The van der Waals surface area contributed by atoms with Crippen molar-refractivity contribution in [1.82, 2.24) is 9.88 Å². The molecule has 2 heterocycles. The first-order valence-corrected chi connectivity index (χ1v) is 8.95. The van der Waals surface area contributed by atoms with Crippen LogP contribution in [0.2, 0.25) is 0 Å². The van der Waals surface area contributed by atoms with Gasteiger partial charge in [0.15, 0.2) is 0 Å². The predicted molar refractivity (Wildman–Crippen MR) is 94.8 cm³/mol. The lowest BCUT2D eigenvalue weighted by Gasteiger charge is -2.29. The summed E-state index contributed by atoms with van der Waals surface area (Å²) >= 11 is 0. The molecule has 1 aliphatic heterocycles. The first-order chi connectivity index (χ1) is 12.2. The van der Waals surface area contributed by atoms with Gasteiger partial charge >= 0.3 is 0 Å². The predicted octanol–water partition coefficient (Wildman–Crippen LogP) is 2.89. The van der Waals surface area contributed by atoms with Crippen LogP contribution in [-0.4, -0.2) is 28.4 Å². The summed E-state index contributed by atoms with van der Waals surface area (Å²) < 4.78 is 5.57. The van der Waals surface area contributed by atoms with Crippen molar-refractivity contribution in [3.05, 3.63) is 63.6 Å². The summed E-state index contributed by atoms with van der Waals surface area (Å²) in [6, 6.07) is 9.51. The highest BCUT2D eigenvalue weighted by molar-refractivity contribution is 5.94. The topological polar surface area (TPSA) is 62.4 Å². The van der Waals surface area contributed by atoms with Crippen LogP contribution in [0.5, 0.6) is 5.75 Å². The van der Waals surface area contributed by atoms with Gasteiger partial charge in [-0.05, 0) is 36.1 Å². The SMILES string of the molecule is O=C(c1cc[nH]c(=O)c1)N(Cc1ccc2c(c1)CCO2)C1CCCC1. The second-order valence-corrected chi connectivity index (χ2v) is 6.85. The summed E-state index contributed by atoms with van der Waals surface area (Å²) in [5, 5.41) is 0. The monoisotopic (exact) mass is 338 g/mol. The van der Waals surface area contributed by atoms with Crippen molar-refractivity contribution < 1.29 is 9.53 Å². The molecule has 1 aliphatic carbocycles. The molecule has 0 radical (unpaired) electrons. The number of rotatable bonds is 4. The number of hydrogen-bond acceptors (Lipinski definition) is 3. The third-order valence-electron chi connectivity index (χ3n) is 5.16. The molecule has 0 atom stereocenters. The molecule has 0 saturated heterocycles. The molecule has 1 aromatic carbocycles. The number of benzene rings is 1. The molecule has 1 N–H and O–H groups in total. The minimum atomic E-state index is -0.244. The number of nitrogens with one attached hydrogen (secondary N) is 1. The average Bonchev–Trinajstić information content (AvgIpc) is 3.30. The van der Waals surface area contributed by atoms with Gasteiger partial charge in [0.25, 0.3) is 5.91 Å². The molecule has 2 aromatic rings. The molecule has 5 nitrogen and oxygen atoms in total. The number of pyridine rings is 1. The summed E-state index contributed by atoms with van der Waals surface area (Å²) in [6.07, 6.45) is 6.83. The second-order valence-electron chi connectivity index (χ2n) is 6.85. The number of nitrogens with zero attached hydrogens (tertiary/aromatic N) is 1. The van der Waals surface area contributed by atoms with Gasteiger partial charge in [-0.3, -0.25) is 9.59 Å². The number of fused-ring (bicyclic) bond motifs is 1. The van der Waals surface area contributed by atoms with E-state index in [1.54, 1.807) is 6.07 Å². The highest BCUT2D eigenvalue weighted by atomic mass is 16.5. The lowest BCUT2D eigenvalue weighted by atomic mass is 10.1. The van der Waals surface area contributed by atoms with E-state index < -0.39 is 0 Å². The van der Waals surface area contributed by atoms with Gasteiger partial charge in [-0.1, -0.05) is 25.0 Å². The summed E-state index contributed by atoms with van der Waals surface area (Å²) in [6.45, 7) is 1.31. The van der Waals surface area contributed by atoms with Gasteiger partial charge in [-0.2, -0.15) is 0 Å². The number of aromatic amines is 1. The Kier molecular flexibility index (Phi) is 4.30. The molecule has 1 saturated carbocycles. The van der Waals surface area contributed by atoms with Crippen LogP contribution in [0.4, 0.5) is 0 Å². The number of carbonyl (C=O) groups excluding carboxylic acids is 1. The van der Waals surface area contributed by atoms with E-state index >= 15 is 0 Å². The molecule has 1 aromatic heterocycles. The summed E-state index contributed by atoms with van der Waals surface area (Å²) in [7, 11) is 0. The van der Waals surface area contributed by atoms with Gasteiger partial charge in [-0.15, -0.1) is 0 Å². The Morgan fingerprint density at radius 2 is 2.04 bits per heavy atom. The molecule has 4 rings (SSSR count). The molecule has 0 bridgehead atoms. The number of hydrogen-bond donors (Lipinski definition) is 1. The van der Waals surface area contributed by atoms with Crippen molar-refractivity contribution in [3.8, 4) is 5.75 Å². The fraction of sp³-hybridized carbons (Fsp3) is 0.400. The quantitative estimate of drug-likeness (QED) is 0.932. The Bertz CT molecular complexity index is 837. The molecule has 2 aliphatic rings. The van der Waals surface area contributed by atoms with E-state index in [1.807, 2.05) is 17.0 Å². The van der Waals surface area contributed by atoms with Gasteiger partial charge in [0.2, 0.25) is 5.56 Å². The van der Waals surface area contributed by atoms with Gasteiger partial charge in [0.1, 0.15) is 5.75 Å². The lowest BCUT2D eigenvalue weighted by molar-refractivity contribution is 0.0664. The lowest BCUT2D eigenvalue weighted by Crippen LogP contribution is -2.38. The van der Waals surface area contributed by atoms with Crippen molar-refractivity contribution in [2.24, 2.45) is 0 Å². The van der Waals surface area contributed by atoms with Gasteiger partial charge in [0, 0.05) is 36.8 Å². The average molecular weight is 338 g/mol. The largest absolute Gasteiger partial charge is 0.493 e. The molecular formula is C20H22N2O3. The third-order valence-corrected chi connectivity index (χ3v) is 5.16. The zero-order valence-corrected chi connectivity index (χ0v) is 14.2. The molecular weight excluding hydrogens is 316 g/mol. The van der Waals surface area contributed by atoms with Crippen LogP contribution in [0.15, 0.2) is 41.3 Å². The zero-order valence-electron chi connectivity index (χ0n) is 14.2. The molecule has 130 valence electrons. The van der Waals surface area contributed by atoms with Gasteiger partial charge in [0.05, 0.1) is 6.61 Å². The molecule has 25 heavy (non-hydrogen) atoms. The van der Waals surface area contributed by atoms with E-state index in [-0.39, 0.29) is 17.5 Å². The van der Waals surface area contributed by atoms with E-state index in [2.05, 4.69) is 11.1 Å².